The largest absolute Gasteiger partial charge is 0.348 e. The van der Waals surface area contributed by atoms with Crippen molar-refractivity contribution in [2.45, 2.75) is 18.9 Å². The Morgan fingerprint density at radius 2 is 2.04 bits per heavy atom. The van der Waals surface area contributed by atoms with E-state index in [-0.39, 0.29) is 18.7 Å². The standard InChI is InChI=1S/C15H17F2N3O2S/c16-7-1-9-23(21,22)20-8-6-13-14(19-10-18-13)15(20)11-2-4-12(17)5-3-11/h2-5,10,15H,1,6-9H2,(H,18,19). The number of nitrogens with one attached hydrogen (secondary N) is 1. The van der Waals surface area contributed by atoms with E-state index in [0.29, 0.717) is 17.7 Å². The summed E-state index contributed by atoms with van der Waals surface area (Å²) in [6, 6.07) is 5.09. The highest BCUT2D eigenvalue weighted by Gasteiger charge is 2.37. The van der Waals surface area contributed by atoms with Gasteiger partial charge in [-0.2, -0.15) is 4.31 Å². The van der Waals surface area contributed by atoms with Crippen LogP contribution in [0.5, 0.6) is 0 Å². The van der Waals surface area contributed by atoms with Crippen LogP contribution in [0.3, 0.4) is 0 Å². The van der Waals surface area contributed by atoms with Gasteiger partial charge in [0.25, 0.3) is 0 Å². The molecule has 0 saturated heterocycles. The molecule has 5 nitrogen and oxygen atoms in total. The van der Waals surface area contributed by atoms with E-state index in [1.807, 2.05) is 0 Å². The summed E-state index contributed by atoms with van der Waals surface area (Å²) in [5, 5.41) is 0. The van der Waals surface area contributed by atoms with E-state index in [1.54, 1.807) is 12.1 Å². The molecule has 1 unspecified atom stereocenters. The fourth-order valence-corrected chi connectivity index (χ4v) is 4.50. The van der Waals surface area contributed by atoms with Gasteiger partial charge in [-0.3, -0.25) is 4.39 Å². The minimum atomic E-state index is -3.63. The van der Waals surface area contributed by atoms with Gasteiger partial charge in [-0.25, -0.2) is 17.8 Å². The molecule has 1 aliphatic heterocycles. The lowest BCUT2D eigenvalue weighted by atomic mass is 9.98. The fourth-order valence-electron chi connectivity index (χ4n) is 2.88. The molecule has 8 heteroatoms. The molecular formula is C15H17F2N3O2S. The van der Waals surface area contributed by atoms with Gasteiger partial charge in [-0.15, -0.1) is 0 Å². The van der Waals surface area contributed by atoms with E-state index in [1.165, 1.54) is 22.8 Å². The highest BCUT2D eigenvalue weighted by Crippen LogP contribution is 2.35. The number of H-pyrrole nitrogens is 1. The quantitative estimate of drug-likeness (QED) is 0.906. The third kappa shape index (κ3) is 3.13. The van der Waals surface area contributed by atoms with Crippen LogP contribution in [-0.2, 0) is 16.4 Å². The summed E-state index contributed by atoms with van der Waals surface area (Å²) < 4.78 is 52.1. The molecule has 23 heavy (non-hydrogen) atoms. The third-order valence-corrected chi connectivity index (χ3v) is 5.87. The van der Waals surface area contributed by atoms with Crippen molar-refractivity contribution in [2.24, 2.45) is 0 Å². The van der Waals surface area contributed by atoms with E-state index in [2.05, 4.69) is 9.97 Å². The van der Waals surface area contributed by atoms with Crippen molar-refractivity contribution in [1.82, 2.24) is 14.3 Å². The zero-order valence-corrected chi connectivity index (χ0v) is 13.2. The number of hydrogen-bond acceptors (Lipinski definition) is 3. The summed E-state index contributed by atoms with van der Waals surface area (Å²) in [5.74, 6) is -0.639. The van der Waals surface area contributed by atoms with Gasteiger partial charge in [-0.1, -0.05) is 12.1 Å². The lowest BCUT2D eigenvalue weighted by Crippen LogP contribution is -2.42. The first kappa shape index (κ1) is 16.1. The van der Waals surface area contributed by atoms with Crippen LogP contribution in [0, 0.1) is 5.82 Å². The van der Waals surface area contributed by atoms with Gasteiger partial charge in [0.15, 0.2) is 0 Å². The number of aromatic nitrogens is 2. The van der Waals surface area contributed by atoms with E-state index in [0.717, 1.165) is 5.69 Å². The van der Waals surface area contributed by atoms with Crippen molar-refractivity contribution >= 4 is 10.0 Å². The number of benzene rings is 1. The number of sulfonamides is 1. The molecule has 124 valence electrons. The SMILES string of the molecule is O=S(=O)(CCCF)N1CCc2[nH]cnc2C1c1ccc(F)cc1. The highest BCUT2D eigenvalue weighted by molar-refractivity contribution is 7.89. The van der Waals surface area contributed by atoms with Crippen LogP contribution < -0.4 is 0 Å². The maximum atomic E-state index is 13.2. The first-order valence-electron chi connectivity index (χ1n) is 7.36. The van der Waals surface area contributed by atoms with Crippen molar-refractivity contribution in [2.75, 3.05) is 19.0 Å². The molecule has 3 rings (SSSR count). The third-order valence-electron chi connectivity index (χ3n) is 3.96. The molecule has 0 saturated carbocycles. The number of alkyl halides is 1. The van der Waals surface area contributed by atoms with Crippen molar-refractivity contribution in [3.8, 4) is 0 Å². The summed E-state index contributed by atoms with van der Waals surface area (Å²) in [5.41, 5.74) is 2.13. The second kappa shape index (κ2) is 6.37. The number of fused-ring (bicyclic) bond motifs is 1. The van der Waals surface area contributed by atoms with Crippen molar-refractivity contribution in [1.29, 1.82) is 0 Å². The van der Waals surface area contributed by atoms with Crippen LogP contribution in [-0.4, -0.2) is 41.7 Å². The van der Waals surface area contributed by atoms with Gasteiger partial charge in [0.05, 0.1) is 30.5 Å². The van der Waals surface area contributed by atoms with Crippen LogP contribution in [0.4, 0.5) is 8.78 Å². The molecule has 2 heterocycles. The van der Waals surface area contributed by atoms with Crippen LogP contribution in [0.15, 0.2) is 30.6 Å². The average Bonchev–Trinajstić information content (AvgIpc) is 3.01. The molecule has 1 N–H and O–H groups in total. The minimum Gasteiger partial charge on any atom is -0.348 e. The van der Waals surface area contributed by atoms with E-state index >= 15 is 0 Å². The molecule has 0 bridgehead atoms. The summed E-state index contributed by atoms with van der Waals surface area (Å²) in [6.07, 6.45) is 2.00. The van der Waals surface area contributed by atoms with Crippen molar-refractivity contribution in [3.05, 3.63) is 53.4 Å². The lowest BCUT2D eigenvalue weighted by molar-refractivity contribution is 0.336. The Balaban J connectivity index is 2.03. The molecule has 2 aromatic rings. The van der Waals surface area contributed by atoms with Crippen LogP contribution in [0.2, 0.25) is 0 Å². The molecule has 1 aromatic carbocycles. The molecule has 1 aromatic heterocycles. The molecule has 0 spiro atoms. The molecule has 1 aliphatic rings. The summed E-state index contributed by atoms with van der Waals surface area (Å²) >= 11 is 0. The van der Waals surface area contributed by atoms with Gasteiger partial charge in [0.2, 0.25) is 10.0 Å². The van der Waals surface area contributed by atoms with E-state index in [9.17, 15) is 17.2 Å². The molecular weight excluding hydrogens is 324 g/mol. The smallest absolute Gasteiger partial charge is 0.215 e. The van der Waals surface area contributed by atoms with E-state index < -0.39 is 28.6 Å². The molecule has 0 aliphatic carbocycles. The second-order valence-corrected chi connectivity index (χ2v) is 7.48. The number of hydrogen-bond donors (Lipinski definition) is 1. The first-order valence-corrected chi connectivity index (χ1v) is 8.97. The summed E-state index contributed by atoms with van der Waals surface area (Å²) in [7, 11) is -3.63. The topological polar surface area (TPSA) is 66.1 Å². The number of imidazole rings is 1. The van der Waals surface area contributed by atoms with Gasteiger partial charge >= 0.3 is 0 Å². The Labute approximate surface area is 133 Å². The monoisotopic (exact) mass is 341 g/mol. The van der Waals surface area contributed by atoms with Gasteiger partial charge in [0, 0.05) is 18.7 Å². The van der Waals surface area contributed by atoms with Gasteiger partial charge < -0.3 is 4.98 Å². The molecule has 0 radical (unpaired) electrons. The Morgan fingerprint density at radius 3 is 2.74 bits per heavy atom. The lowest BCUT2D eigenvalue weighted by Gasteiger charge is -2.34. The number of halogens is 2. The predicted octanol–water partition coefficient (Wildman–Crippen LogP) is 2.19. The Bertz CT molecular complexity index is 774. The molecule has 1 atom stereocenters. The predicted molar refractivity (Wildman–Crippen MR) is 81.6 cm³/mol. The summed E-state index contributed by atoms with van der Waals surface area (Å²) in [6.45, 7) is -0.395. The zero-order chi connectivity index (χ0) is 16.4. The first-order chi connectivity index (χ1) is 11.0. The molecule has 0 amide bonds. The average molecular weight is 341 g/mol. The van der Waals surface area contributed by atoms with E-state index in [4.69, 9.17) is 0 Å². The van der Waals surface area contributed by atoms with Gasteiger partial charge in [0.1, 0.15) is 5.82 Å². The normalized spacial score (nSPS) is 18.8. The number of rotatable bonds is 5. The van der Waals surface area contributed by atoms with Crippen LogP contribution >= 0.6 is 0 Å². The zero-order valence-electron chi connectivity index (χ0n) is 12.4. The maximum Gasteiger partial charge on any atom is 0.215 e. The van der Waals surface area contributed by atoms with Gasteiger partial charge in [-0.05, 0) is 24.1 Å². The Kier molecular flexibility index (Phi) is 4.45. The second-order valence-electron chi connectivity index (χ2n) is 5.44. The minimum absolute atomic E-state index is 0.0393. The molecule has 0 fully saturated rings. The summed E-state index contributed by atoms with van der Waals surface area (Å²) in [4.78, 5) is 7.27. The Hall–Kier alpha value is -1.80. The van der Waals surface area contributed by atoms with Crippen LogP contribution in [0.1, 0.15) is 29.4 Å². The number of aromatic amines is 1. The Morgan fingerprint density at radius 1 is 1.30 bits per heavy atom. The highest BCUT2D eigenvalue weighted by atomic mass is 32.2. The fraction of sp³-hybridized carbons (Fsp3) is 0.400. The number of nitrogens with zero attached hydrogens (tertiary/aromatic N) is 2. The maximum absolute atomic E-state index is 13.2. The van der Waals surface area contributed by atoms with Crippen molar-refractivity contribution < 1.29 is 17.2 Å². The van der Waals surface area contributed by atoms with Crippen molar-refractivity contribution in [3.63, 3.8) is 0 Å². The van der Waals surface area contributed by atoms with Crippen LogP contribution in [0.25, 0.3) is 0 Å².